The molecule has 0 aliphatic heterocycles. The summed E-state index contributed by atoms with van der Waals surface area (Å²) in [6.45, 7) is 9.30. The molecule has 0 aliphatic carbocycles. The third-order valence-corrected chi connectivity index (χ3v) is 1.80. The second-order valence-corrected chi connectivity index (χ2v) is 3.42. The topological polar surface area (TPSA) is 46.5 Å². The Kier molecular flexibility index (Phi) is 6.23. The molecule has 0 spiro atoms. The number of esters is 1. The second kappa shape index (κ2) is 6.88. The number of phenols is 1. The molecule has 0 bridgehead atoms. The molecular weight excluding hydrogens is 204 g/mol. The molecule has 0 saturated heterocycles. The fraction of sp³-hybridized carbons (Fsp3) is 0.462. The van der Waals surface area contributed by atoms with E-state index in [1.54, 1.807) is 32.9 Å². The maximum absolute atomic E-state index is 11.5. The number of rotatable bonds is 2. The van der Waals surface area contributed by atoms with E-state index in [1.807, 2.05) is 13.8 Å². The highest BCUT2D eigenvalue weighted by Gasteiger charge is 2.15. The minimum absolute atomic E-state index is 0.0318. The van der Waals surface area contributed by atoms with Crippen molar-refractivity contribution in [3.63, 3.8) is 0 Å². The van der Waals surface area contributed by atoms with Crippen molar-refractivity contribution in [1.29, 1.82) is 0 Å². The lowest BCUT2D eigenvalue weighted by molar-refractivity contribution is 0.0374. The van der Waals surface area contributed by atoms with E-state index < -0.39 is 5.97 Å². The summed E-state index contributed by atoms with van der Waals surface area (Å²) in [5, 5.41) is 9.47. The van der Waals surface area contributed by atoms with Gasteiger partial charge in [-0.25, -0.2) is 4.79 Å². The molecule has 0 amide bonds. The van der Waals surface area contributed by atoms with Crippen LogP contribution in [0.5, 0.6) is 5.75 Å². The summed E-state index contributed by atoms with van der Waals surface area (Å²) in [6.07, 6.45) is -0.179. The Hall–Kier alpha value is -1.51. The number of hydrogen-bond acceptors (Lipinski definition) is 3. The van der Waals surface area contributed by atoms with Crippen molar-refractivity contribution in [2.45, 2.75) is 40.7 Å². The molecule has 1 rings (SSSR count). The molecule has 0 aromatic heterocycles. The molecule has 1 aromatic rings. The lowest BCUT2D eigenvalue weighted by Gasteiger charge is -2.10. The van der Waals surface area contributed by atoms with Gasteiger partial charge in [-0.3, -0.25) is 0 Å². The van der Waals surface area contributed by atoms with Crippen LogP contribution in [0.3, 0.4) is 0 Å². The lowest BCUT2D eigenvalue weighted by Crippen LogP contribution is -2.12. The van der Waals surface area contributed by atoms with Crippen LogP contribution in [-0.2, 0) is 4.74 Å². The first-order chi connectivity index (χ1) is 7.52. The number of benzene rings is 1. The van der Waals surface area contributed by atoms with Crippen molar-refractivity contribution >= 4 is 5.97 Å². The van der Waals surface area contributed by atoms with Crippen LogP contribution >= 0.6 is 0 Å². The summed E-state index contributed by atoms with van der Waals surface area (Å²) >= 11 is 0. The van der Waals surface area contributed by atoms with Crippen LogP contribution in [0.1, 0.15) is 43.6 Å². The maximum Gasteiger partial charge on any atom is 0.342 e. The molecule has 16 heavy (non-hydrogen) atoms. The molecule has 0 saturated carbocycles. The van der Waals surface area contributed by atoms with Gasteiger partial charge in [0.15, 0.2) is 0 Å². The van der Waals surface area contributed by atoms with E-state index in [2.05, 4.69) is 0 Å². The van der Waals surface area contributed by atoms with E-state index in [0.717, 1.165) is 5.56 Å². The summed E-state index contributed by atoms with van der Waals surface area (Å²) < 4.78 is 5.00. The van der Waals surface area contributed by atoms with Crippen LogP contribution in [0.2, 0.25) is 0 Å². The number of ether oxygens (including phenoxy) is 1. The van der Waals surface area contributed by atoms with Gasteiger partial charge in [-0.15, -0.1) is 0 Å². The van der Waals surface area contributed by atoms with E-state index in [1.165, 1.54) is 6.07 Å². The Morgan fingerprint density at radius 1 is 1.31 bits per heavy atom. The van der Waals surface area contributed by atoms with Crippen molar-refractivity contribution in [3.05, 3.63) is 29.3 Å². The molecule has 0 radical (unpaired) electrons. The summed E-state index contributed by atoms with van der Waals surface area (Å²) in [6, 6.07) is 4.93. The average Bonchev–Trinajstić information content (AvgIpc) is 2.19. The number of aromatic hydroxyl groups is 1. The van der Waals surface area contributed by atoms with Gasteiger partial charge in [-0.2, -0.15) is 0 Å². The van der Waals surface area contributed by atoms with Gasteiger partial charge in [0.25, 0.3) is 0 Å². The SMILES string of the molecule is CC.Cc1cccc(O)c1C(=O)OC(C)C. The smallest absolute Gasteiger partial charge is 0.342 e. The first-order valence-electron chi connectivity index (χ1n) is 5.52. The second-order valence-electron chi connectivity index (χ2n) is 3.42. The Bertz CT molecular complexity index is 323. The highest BCUT2D eigenvalue weighted by Crippen LogP contribution is 2.21. The highest BCUT2D eigenvalue weighted by atomic mass is 16.5. The van der Waals surface area contributed by atoms with Crippen LogP contribution in [0.4, 0.5) is 0 Å². The molecule has 1 N–H and O–H groups in total. The van der Waals surface area contributed by atoms with E-state index in [9.17, 15) is 9.90 Å². The molecule has 0 unspecified atom stereocenters. The largest absolute Gasteiger partial charge is 0.507 e. The van der Waals surface area contributed by atoms with Crippen LogP contribution in [0, 0.1) is 6.92 Å². The van der Waals surface area contributed by atoms with Gasteiger partial charge >= 0.3 is 5.97 Å². The molecule has 0 fully saturated rings. The van der Waals surface area contributed by atoms with Gasteiger partial charge < -0.3 is 9.84 Å². The maximum atomic E-state index is 11.5. The Morgan fingerprint density at radius 2 is 1.88 bits per heavy atom. The average molecular weight is 224 g/mol. The van der Waals surface area contributed by atoms with E-state index >= 15 is 0 Å². The zero-order valence-electron chi connectivity index (χ0n) is 10.6. The monoisotopic (exact) mass is 224 g/mol. The number of hydrogen-bond donors (Lipinski definition) is 1. The zero-order valence-corrected chi connectivity index (χ0v) is 10.6. The van der Waals surface area contributed by atoms with Crippen LogP contribution < -0.4 is 0 Å². The standard InChI is InChI=1S/C11H14O3.C2H6/c1-7(2)14-11(13)10-8(3)5-4-6-9(10)12;1-2/h4-7,12H,1-3H3;1-2H3. The summed E-state index contributed by atoms with van der Waals surface area (Å²) in [7, 11) is 0. The molecule has 0 aliphatic rings. The van der Waals surface area contributed by atoms with Crippen molar-refractivity contribution in [2.24, 2.45) is 0 Å². The van der Waals surface area contributed by atoms with Gasteiger partial charge in [0.1, 0.15) is 11.3 Å². The summed E-state index contributed by atoms with van der Waals surface area (Å²) in [5.74, 6) is -0.508. The lowest BCUT2D eigenvalue weighted by atomic mass is 10.1. The van der Waals surface area contributed by atoms with Gasteiger partial charge in [-0.05, 0) is 32.4 Å². The molecular formula is C13H20O3. The predicted molar refractivity (Wildman–Crippen MR) is 64.7 cm³/mol. The van der Waals surface area contributed by atoms with Crippen molar-refractivity contribution in [2.75, 3.05) is 0 Å². The van der Waals surface area contributed by atoms with E-state index in [4.69, 9.17) is 4.74 Å². The Morgan fingerprint density at radius 3 is 2.31 bits per heavy atom. The van der Waals surface area contributed by atoms with Crippen molar-refractivity contribution in [1.82, 2.24) is 0 Å². The quantitative estimate of drug-likeness (QED) is 0.784. The van der Waals surface area contributed by atoms with Gasteiger partial charge in [0.05, 0.1) is 6.10 Å². The van der Waals surface area contributed by atoms with Crippen molar-refractivity contribution < 1.29 is 14.6 Å². The van der Waals surface area contributed by atoms with Crippen molar-refractivity contribution in [3.8, 4) is 5.75 Å². The highest BCUT2D eigenvalue weighted by molar-refractivity contribution is 5.94. The van der Waals surface area contributed by atoms with Gasteiger partial charge in [-0.1, -0.05) is 26.0 Å². The normalized spacial score (nSPS) is 9.38. The number of phenolic OH excluding ortho intramolecular Hbond substituents is 1. The molecule has 0 atom stereocenters. The number of carbonyl (C=O) groups excluding carboxylic acids is 1. The molecule has 90 valence electrons. The number of aryl methyl sites for hydroxylation is 1. The van der Waals surface area contributed by atoms with Gasteiger partial charge in [0, 0.05) is 0 Å². The Balaban J connectivity index is 0.00000106. The molecule has 3 heteroatoms. The summed E-state index contributed by atoms with van der Waals surface area (Å²) in [4.78, 5) is 11.5. The number of carbonyl (C=O) groups is 1. The first-order valence-corrected chi connectivity index (χ1v) is 5.52. The third kappa shape index (κ3) is 3.93. The third-order valence-electron chi connectivity index (χ3n) is 1.80. The summed E-state index contributed by atoms with van der Waals surface area (Å²) in [5.41, 5.74) is 0.969. The minimum Gasteiger partial charge on any atom is -0.507 e. The fourth-order valence-corrected chi connectivity index (χ4v) is 1.19. The molecule has 3 nitrogen and oxygen atoms in total. The van der Waals surface area contributed by atoms with Crippen LogP contribution in [-0.4, -0.2) is 17.2 Å². The van der Waals surface area contributed by atoms with E-state index in [0.29, 0.717) is 0 Å². The Labute approximate surface area is 97.1 Å². The van der Waals surface area contributed by atoms with Crippen LogP contribution in [0.15, 0.2) is 18.2 Å². The van der Waals surface area contributed by atoms with Crippen LogP contribution in [0.25, 0.3) is 0 Å². The first kappa shape index (κ1) is 14.5. The molecule has 1 aromatic carbocycles. The van der Waals surface area contributed by atoms with E-state index in [-0.39, 0.29) is 17.4 Å². The zero-order chi connectivity index (χ0) is 12.7. The fourth-order valence-electron chi connectivity index (χ4n) is 1.19. The molecule has 0 heterocycles. The predicted octanol–water partition coefficient (Wildman–Crippen LogP) is 3.29. The van der Waals surface area contributed by atoms with Gasteiger partial charge in [0.2, 0.25) is 0 Å². The minimum atomic E-state index is -0.476.